The van der Waals surface area contributed by atoms with Crippen LogP contribution in [0.4, 0.5) is 0 Å². The molecular weight excluding hydrogens is 341 g/mol. The van der Waals surface area contributed by atoms with Crippen molar-refractivity contribution in [2.24, 2.45) is 7.05 Å². The van der Waals surface area contributed by atoms with Crippen LogP contribution in [-0.4, -0.2) is 10.4 Å². The monoisotopic (exact) mass is 357 g/mol. The topological polar surface area (TPSA) is 22.0 Å². The number of carbonyl (C=O) groups is 1. The number of hydrogen-bond donors (Lipinski definition) is 0. The Kier molecular flexibility index (Phi) is 5.08. The minimum atomic E-state index is -0.293. The van der Waals surface area contributed by atoms with Gasteiger partial charge in [0.15, 0.2) is 5.78 Å². The number of nitrogens with zero attached hydrogens (tertiary/aromatic N) is 1. The van der Waals surface area contributed by atoms with Gasteiger partial charge < -0.3 is 4.57 Å². The Morgan fingerprint density at radius 1 is 1.04 bits per heavy atom. The molecule has 0 saturated carbocycles. The summed E-state index contributed by atoms with van der Waals surface area (Å²) in [5, 5.41) is 1.18. The van der Waals surface area contributed by atoms with Crippen LogP contribution in [0.25, 0.3) is 0 Å². The maximum absolute atomic E-state index is 13.1. The molecular formula is C20H17Cl2NO. The fourth-order valence-electron chi connectivity index (χ4n) is 2.85. The molecule has 0 bridgehead atoms. The van der Waals surface area contributed by atoms with Gasteiger partial charge in [-0.1, -0.05) is 59.6 Å². The molecule has 0 saturated heterocycles. The summed E-state index contributed by atoms with van der Waals surface area (Å²) >= 11 is 12.3. The number of Topliss-reactive ketones (excluding diaryl/α,β-unsaturated/α-hetero) is 1. The summed E-state index contributed by atoms with van der Waals surface area (Å²) in [7, 11) is 1.88. The highest BCUT2D eigenvalue weighted by atomic mass is 35.5. The Morgan fingerprint density at radius 3 is 2.42 bits per heavy atom. The van der Waals surface area contributed by atoms with Crippen LogP contribution in [0.15, 0.2) is 66.9 Å². The van der Waals surface area contributed by atoms with Crippen LogP contribution in [0.2, 0.25) is 10.0 Å². The third-order valence-electron chi connectivity index (χ3n) is 4.15. The van der Waals surface area contributed by atoms with Gasteiger partial charge in [-0.25, -0.2) is 0 Å². The highest BCUT2D eigenvalue weighted by molar-refractivity contribution is 6.35. The lowest BCUT2D eigenvalue weighted by Gasteiger charge is -2.18. The third-order valence-corrected chi connectivity index (χ3v) is 4.74. The van der Waals surface area contributed by atoms with E-state index < -0.39 is 0 Å². The summed E-state index contributed by atoms with van der Waals surface area (Å²) < 4.78 is 1.85. The van der Waals surface area contributed by atoms with Crippen molar-refractivity contribution in [2.45, 2.75) is 12.3 Å². The van der Waals surface area contributed by atoms with E-state index in [1.54, 1.807) is 12.1 Å². The zero-order chi connectivity index (χ0) is 17.1. The zero-order valence-electron chi connectivity index (χ0n) is 13.2. The zero-order valence-corrected chi connectivity index (χ0v) is 14.8. The Balaban J connectivity index is 1.99. The highest BCUT2D eigenvalue weighted by Gasteiger charge is 2.24. The van der Waals surface area contributed by atoms with Crippen LogP contribution < -0.4 is 0 Å². The number of hydrogen-bond acceptors (Lipinski definition) is 1. The predicted octanol–water partition coefficient (Wildman–Crippen LogP) is 5.54. The first-order valence-electron chi connectivity index (χ1n) is 7.70. The molecule has 3 aromatic rings. The molecule has 0 radical (unpaired) electrons. The van der Waals surface area contributed by atoms with Gasteiger partial charge in [0, 0.05) is 23.3 Å². The van der Waals surface area contributed by atoms with Gasteiger partial charge in [-0.05, 0) is 41.8 Å². The molecule has 3 rings (SSSR count). The summed E-state index contributed by atoms with van der Waals surface area (Å²) in [6, 6.07) is 18.9. The molecule has 24 heavy (non-hydrogen) atoms. The average molecular weight is 358 g/mol. The first-order valence-corrected chi connectivity index (χ1v) is 8.46. The van der Waals surface area contributed by atoms with Crippen molar-refractivity contribution in [3.8, 4) is 0 Å². The first kappa shape index (κ1) is 16.8. The lowest BCUT2D eigenvalue weighted by atomic mass is 9.87. The Hall–Kier alpha value is -2.03. The Labute approximate surface area is 151 Å². The van der Waals surface area contributed by atoms with Crippen LogP contribution >= 0.6 is 23.2 Å². The van der Waals surface area contributed by atoms with E-state index in [0.717, 1.165) is 11.1 Å². The highest BCUT2D eigenvalue weighted by Crippen LogP contribution is 2.30. The van der Waals surface area contributed by atoms with Crippen LogP contribution in [0.3, 0.4) is 0 Å². The second kappa shape index (κ2) is 7.25. The molecule has 0 spiro atoms. The van der Waals surface area contributed by atoms with Gasteiger partial charge in [-0.2, -0.15) is 0 Å². The summed E-state index contributed by atoms with van der Waals surface area (Å²) in [6.45, 7) is 0. The Bertz CT molecular complexity index is 855. The fraction of sp³-hybridized carbons (Fsp3) is 0.150. The number of halogens is 2. The van der Waals surface area contributed by atoms with Crippen molar-refractivity contribution in [1.29, 1.82) is 0 Å². The average Bonchev–Trinajstić information content (AvgIpc) is 3.00. The Morgan fingerprint density at radius 2 is 1.79 bits per heavy atom. The normalized spacial score (nSPS) is 12.1. The summed E-state index contributed by atoms with van der Waals surface area (Å²) in [6.07, 6.45) is 2.41. The largest absolute Gasteiger partial charge is 0.348 e. The summed E-state index contributed by atoms with van der Waals surface area (Å²) in [5.74, 6) is -0.210. The van der Waals surface area contributed by atoms with Gasteiger partial charge in [0.05, 0.1) is 11.6 Å². The molecule has 0 aliphatic carbocycles. The fourth-order valence-corrected chi connectivity index (χ4v) is 3.34. The van der Waals surface area contributed by atoms with Crippen LogP contribution in [0, 0.1) is 0 Å². The molecule has 2 nitrogen and oxygen atoms in total. The van der Waals surface area contributed by atoms with Gasteiger partial charge in [0.25, 0.3) is 0 Å². The molecule has 0 N–H and O–H groups in total. The second-order valence-corrected chi connectivity index (χ2v) is 6.62. The maximum atomic E-state index is 13.1. The van der Waals surface area contributed by atoms with Gasteiger partial charge in [0.2, 0.25) is 0 Å². The summed E-state index contributed by atoms with van der Waals surface area (Å²) in [5.41, 5.74) is 2.58. The molecule has 122 valence electrons. The number of carbonyl (C=O) groups excluding carboxylic acids is 1. The lowest BCUT2D eigenvalue weighted by Crippen LogP contribution is -2.18. The van der Waals surface area contributed by atoms with Crippen LogP contribution in [-0.2, 0) is 13.5 Å². The number of benzene rings is 2. The standard InChI is InChI=1S/C20H17Cl2NO/c1-23-11-5-8-19(23)20(24)17(14-6-3-2-4-7-14)12-15-9-10-16(21)13-18(15)22/h2-11,13,17H,12H2,1H3. The van der Waals surface area contributed by atoms with Crippen molar-refractivity contribution >= 4 is 29.0 Å². The minimum absolute atomic E-state index is 0.0831. The van der Waals surface area contributed by atoms with Crippen molar-refractivity contribution in [2.75, 3.05) is 0 Å². The molecule has 4 heteroatoms. The first-order chi connectivity index (χ1) is 11.6. The minimum Gasteiger partial charge on any atom is -0.348 e. The van der Waals surface area contributed by atoms with Gasteiger partial charge >= 0.3 is 0 Å². The number of rotatable bonds is 5. The quantitative estimate of drug-likeness (QED) is 0.549. The van der Waals surface area contributed by atoms with E-state index in [1.807, 2.05) is 66.3 Å². The molecule has 1 heterocycles. The molecule has 1 atom stereocenters. The second-order valence-electron chi connectivity index (χ2n) is 5.77. The molecule has 0 aliphatic rings. The molecule has 0 fully saturated rings. The van der Waals surface area contributed by atoms with E-state index in [-0.39, 0.29) is 11.7 Å². The van der Waals surface area contributed by atoms with Crippen molar-refractivity contribution in [3.05, 3.63) is 93.7 Å². The molecule has 0 amide bonds. The van der Waals surface area contributed by atoms with E-state index in [9.17, 15) is 4.79 Å². The lowest BCUT2D eigenvalue weighted by molar-refractivity contribution is 0.0951. The number of aromatic nitrogens is 1. The van der Waals surface area contributed by atoms with Gasteiger partial charge in [-0.15, -0.1) is 0 Å². The number of aryl methyl sites for hydroxylation is 1. The van der Waals surface area contributed by atoms with E-state index >= 15 is 0 Å². The SMILES string of the molecule is Cn1cccc1C(=O)C(Cc1ccc(Cl)cc1Cl)c1ccccc1. The van der Waals surface area contributed by atoms with E-state index in [1.165, 1.54) is 0 Å². The van der Waals surface area contributed by atoms with Crippen LogP contribution in [0.1, 0.15) is 27.5 Å². The van der Waals surface area contributed by atoms with Crippen molar-refractivity contribution < 1.29 is 4.79 Å². The smallest absolute Gasteiger partial charge is 0.186 e. The van der Waals surface area contributed by atoms with Crippen LogP contribution in [0.5, 0.6) is 0 Å². The van der Waals surface area contributed by atoms with Gasteiger partial charge in [0.1, 0.15) is 0 Å². The molecule has 1 unspecified atom stereocenters. The van der Waals surface area contributed by atoms with Gasteiger partial charge in [-0.3, -0.25) is 4.79 Å². The predicted molar refractivity (Wildman–Crippen MR) is 99.1 cm³/mol. The molecule has 1 aromatic heterocycles. The maximum Gasteiger partial charge on any atom is 0.186 e. The van der Waals surface area contributed by atoms with E-state index in [0.29, 0.717) is 22.2 Å². The summed E-state index contributed by atoms with van der Waals surface area (Å²) in [4.78, 5) is 13.1. The van der Waals surface area contributed by atoms with Crippen molar-refractivity contribution in [1.82, 2.24) is 4.57 Å². The van der Waals surface area contributed by atoms with E-state index in [2.05, 4.69) is 0 Å². The molecule has 2 aromatic carbocycles. The van der Waals surface area contributed by atoms with E-state index in [4.69, 9.17) is 23.2 Å². The molecule has 0 aliphatic heterocycles. The van der Waals surface area contributed by atoms with Crippen molar-refractivity contribution in [3.63, 3.8) is 0 Å². The third kappa shape index (κ3) is 3.55. The number of ketones is 1.